The maximum absolute atomic E-state index is 13.6. The molecule has 3 atom stereocenters. The van der Waals surface area contributed by atoms with E-state index in [0.717, 1.165) is 11.1 Å². The maximum atomic E-state index is 13.6. The number of benzene rings is 2. The molecule has 43 heavy (non-hydrogen) atoms. The van der Waals surface area contributed by atoms with Crippen LogP contribution in [0.4, 0.5) is 0 Å². The summed E-state index contributed by atoms with van der Waals surface area (Å²) >= 11 is 0. The molecule has 1 heterocycles. The first-order valence-electron chi connectivity index (χ1n) is 14.5. The lowest BCUT2D eigenvalue weighted by Crippen LogP contribution is -2.58. The van der Waals surface area contributed by atoms with Crippen molar-refractivity contribution in [2.75, 3.05) is 0 Å². The number of nitrogens with two attached hydrogens (primary N) is 1. The van der Waals surface area contributed by atoms with Crippen molar-refractivity contribution < 1.29 is 24.0 Å². The number of allylic oxidation sites excluding steroid dienone is 1. The van der Waals surface area contributed by atoms with E-state index in [0.29, 0.717) is 23.2 Å². The Morgan fingerprint density at radius 3 is 2.12 bits per heavy atom. The Morgan fingerprint density at radius 2 is 1.58 bits per heavy atom. The summed E-state index contributed by atoms with van der Waals surface area (Å²) in [5.41, 5.74) is 7.66. The van der Waals surface area contributed by atoms with Crippen LogP contribution in [-0.2, 0) is 27.5 Å². The van der Waals surface area contributed by atoms with Gasteiger partial charge >= 0.3 is 0 Å². The first-order chi connectivity index (χ1) is 20.1. The second kappa shape index (κ2) is 13.7. The third-order valence-electron chi connectivity index (χ3n) is 7.55. The van der Waals surface area contributed by atoms with Crippen molar-refractivity contribution >= 4 is 29.5 Å². The molecular formula is C33H43N5O5. The SMILES string of the molecule is CC=C(C(=O)NCc1ccc(C(N)=O)cc1)[C@@H](NC(=O)[C@H](C)NC(=O)[C@@H](N1Cc2ccccc2C1=O)C(C)(C)C)C(C)C. The Labute approximate surface area is 253 Å². The van der Waals surface area contributed by atoms with Crippen LogP contribution in [0.15, 0.2) is 60.2 Å². The molecule has 0 unspecified atom stereocenters. The molecule has 230 valence electrons. The highest BCUT2D eigenvalue weighted by Gasteiger charge is 2.43. The molecule has 2 aromatic rings. The number of fused-ring (bicyclic) bond motifs is 1. The number of nitrogens with zero attached hydrogens (tertiary/aromatic N) is 1. The van der Waals surface area contributed by atoms with E-state index in [2.05, 4.69) is 16.0 Å². The minimum absolute atomic E-state index is 0.137. The van der Waals surface area contributed by atoms with Crippen LogP contribution in [0, 0.1) is 11.3 Å². The zero-order chi connectivity index (χ0) is 32.1. The van der Waals surface area contributed by atoms with E-state index in [9.17, 15) is 24.0 Å². The Bertz CT molecular complexity index is 1410. The van der Waals surface area contributed by atoms with Gasteiger partial charge in [-0.05, 0) is 54.5 Å². The predicted octanol–water partition coefficient (Wildman–Crippen LogP) is 3.06. The number of hydrogen-bond acceptors (Lipinski definition) is 5. The van der Waals surface area contributed by atoms with Crippen LogP contribution < -0.4 is 21.7 Å². The van der Waals surface area contributed by atoms with Gasteiger partial charge in [0.2, 0.25) is 23.6 Å². The van der Waals surface area contributed by atoms with Gasteiger partial charge in [0, 0.05) is 29.8 Å². The third-order valence-corrected chi connectivity index (χ3v) is 7.55. The van der Waals surface area contributed by atoms with Crippen molar-refractivity contribution in [2.45, 2.75) is 79.7 Å². The van der Waals surface area contributed by atoms with Gasteiger partial charge in [0.1, 0.15) is 12.1 Å². The Morgan fingerprint density at radius 1 is 0.953 bits per heavy atom. The maximum Gasteiger partial charge on any atom is 0.255 e. The van der Waals surface area contributed by atoms with E-state index in [1.54, 1.807) is 61.2 Å². The fourth-order valence-corrected chi connectivity index (χ4v) is 5.25. The number of nitrogens with one attached hydrogen (secondary N) is 3. The van der Waals surface area contributed by atoms with Crippen LogP contribution >= 0.6 is 0 Å². The molecule has 10 heteroatoms. The molecule has 0 aromatic heterocycles. The molecule has 5 amide bonds. The van der Waals surface area contributed by atoms with Gasteiger partial charge in [-0.1, -0.05) is 71.0 Å². The van der Waals surface area contributed by atoms with Crippen molar-refractivity contribution in [3.05, 3.63) is 82.4 Å². The number of rotatable bonds is 11. The van der Waals surface area contributed by atoms with Crippen LogP contribution in [0.2, 0.25) is 0 Å². The predicted molar refractivity (Wildman–Crippen MR) is 164 cm³/mol. The number of carbonyl (C=O) groups is 5. The van der Waals surface area contributed by atoms with Gasteiger partial charge in [0.25, 0.3) is 5.91 Å². The minimum atomic E-state index is -0.927. The second-order valence-electron chi connectivity index (χ2n) is 12.3. The Kier molecular flexibility index (Phi) is 10.5. The molecule has 3 rings (SSSR count). The normalized spacial score (nSPS) is 15.4. The number of carbonyl (C=O) groups excluding carboxylic acids is 5. The van der Waals surface area contributed by atoms with Crippen LogP contribution in [0.3, 0.4) is 0 Å². The summed E-state index contributed by atoms with van der Waals surface area (Å²) in [7, 11) is 0. The topological polar surface area (TPSA) is 151 Å². The molecule has 0 fully saturated rings. The van der Waals surface area contributed by atoms with E-state index >= 15 is 0 Å². The first-order valence-corrected chi connectivity index (χ1v) is 14.5. The minimum Gasteiger partial charge on any atom is -0.366 e. The van der Waals surface area contributed by atoms with Gasteiger partial charge in [0.15, 0.2) is 0 Å². The van der Waals surface area contributed by atoms with Crippen molar-refractivity contribution in [2.24, 2.45) is 17.1 Å². The van der Waals surface area contributed by atoms with Crippen molar-refractivity contribution in [1.29, 1.82) is 0 Å². The van der Waals surface area contributed by atoms with Crippen LogP contribution in [-0.4, -0.2) is 52.6 Å². The molecule has 0 spiro atoms. The lowest BCUT2D eigenvalue weighted by molar-refractivity contribution is -0.134. The van der Waals surface area contributed by atoms with Crippen molar-refractivity contribution in [3.8, 4) is 0 Å². The molecule has 5 N–H and O–H groups in total. The van der Waals surface area contributed by atoms with Gasteiger partial charge in [-0.3, -0.25) is 24.0 Å². The molecular weight excluding hydrogens is 546 g/mol. The first kappa shape index (κ1) is 33.0. The highest BCUT2D eigenvalue weighted by molar-refractivity contribution is 6.02. The number of primary amides is 1. The summed E-state index contributed by atoms with van der Waals surface area (Å²) in [6.45, 7) is 13.3. The summed E-state index contributed by atoms with van der Waals surface area (Å²) in [5.74, 6) is -2.11. The quantitative estimate of drug-likeness (QED) is 0.297. The molecule has 0 aliphatic carbocycles. The summed E-state index contributed by atoms with van der Waals surface area (Å²) in [4.78, 5) is 66.1. The third kappa shape index (κ3) is 7.88. The van der Waals surface area contributed by atoms with Crippen molar-refractivity contribution in [1.82, 2.24) is 20.9 Å². The Balaban J connectivity index is 1.67. The fourth-order valence-electron chi connectivity index (χ4n) is 5.25. The van der Waals surface area contributed by atoms with Gasteiger partial charge in [0.05, 0.1) is 6.04 Å². The summed E-state index contributed by atoms with van der Waals surface area (Å²) in [5, 5.41) is 8.59. The molecule has 0 saturated heterocycles. The molecule has 1 aliphatic rings. The van der Waals surface area contributed by atoms with Crippen LogP contribution in [0.1, 0.15) is 80.3 Å². The standard InChI is InChI=1S/C33H43N5O5/c1-8-24(30(41)35-17-21-13-15-22(16-14-21)28(34)39)26(19(2)3)37-29(40)20(4)36-31(42)27(33(5,6)7)38-18-23-11-9-10-12-25(23)32(38)43/h8-16,19-20,26-27H,17-18H2,1-7H3,(H2,34,39)(H,35,41)(H,36,42)(H,37,40)/t20-,26-,27+/m0/s1. The lowest BCUT2D eigenvalue weighted by Gasteiger charge is -2.37. The summed E-state index contributed by atoms with van der Waals surface area (Å²) in [6, 6.07) is 11.5. The van der Waals surface area contributed by atoms with E-state index < -0.39 is 41.3 Å². The van der Waals surface area contributed by atoms with Gasteiger partial charge in [-0.15, -0.1) is 0 Å². The van der Waals surface area contributed by atoms with E-state index in [-0.39, 0.29) is 24.3 Å². The molecule has 0 radical (unpaired) electrons. The largest absolute Gasteiger partial charge is 0.366 e. The molecule has 0 bridgehead atoms. The highest BCUT2D eigenvalue weighted by atomic mass is 16.2. The van der Waals surface area contributed by atoms with Gasteiger partial charge in [-0.2, -0.15) is 0 Å². The van der Waals surface area contributed by atoms with E-state index in [1.165, 1.54) is 0 Å². The average Bonchev–Trinajstić information content (AvgIpc) is 3.26. The molecule has 10 nitrogen and oxygen atoms in total. The van der Waals surface area contributed by atoms with Crippen molar-refractivity contribution in [3.63, 3.8) is 0 Å². The van der Waals surface area contributed by atoms with Crippen LogP contribution in [0.5, 0.6) is 0 Å². The number of amides is 5. The molecule has 2 aromatic carbocycles. The van der Waals surface area contributed by atoms with Gasteiger partial charge < -0.3 is 26.6 Å². The second-order valence-corrected chi connectivity index (χ2v) is 12.3. The van der Waals surface area contributed by atoms with E-state index in [4.69, 9.17) is 5.73 Å². The molecule has 0 saturated carbocycles. The summed E-state index contributed by atoms with van der Waals surface area (Å²) < 4.78 is 0. The fraction of sp³-hybridized carbons (Fsp3) is 0.424. The zero-order valence-corrected chi connectivity index (χ0v) is 26.0. The van der Waals surface area contributed by atoms with Crippen LogP contribution in [0.25, 0.3) is 0 Å². The highest BCUT2D eigenvalue weighted by Crippen LogP contribution is 2.32. The zero-order valence-electron chi connectivity index (χ0n) is 26.0. The lowest BCUT2D eigenvalue weighted by atomic mass is 9.84. The molecule has 1 aliphatic heterocycles. The Hall–Kier alpha value is -4.47. The smallest absolute Gasteiger partial charge is 0.255 e. The number of hydrogen-bond donors (Lipinski definition) is 4. The average molecular weight is 590 g/mol. The monoisotopic (exact) mass is 589 g/mol. The summed E-state index contributed by atoms with van der Waals surface area (Å²) in [6.07, 6.45) is 1.66. The van der Waals surface area contributed by atoms with Gasteiger partial charge in [-0.25, -0.2) is 0 Å². The van der Waals surface area contributed by atoms with E-state index in [1.807, 2.05) is 46.8 Å².